The van der Waals surface area contributed by atoms with E-state index in [2.05, 4.69) is 11.2 Å². The largest absolute Gasteiger partial charge is 0.314 e. The first-order valence-corrected chi connectivity index (χ1v) is 6.78. The SMILES string of the molecule is C=S(=O)(c1ccccc1)N1CCNCC1. The Labute approximate surface area is 91.2 Å². The standard InChI is InChI=1S/C11H16N2OS/c1-15(14,11-5-3-2-4-6-11)13-9-7-12-8-10-13/h2-6,12H,1,7-10H2. The van der Waals surface area contributed by atoms with Crippen LogP contribution in [0.25, 0.3) is 0 Å². The van der Waals surface area contributed by atoms with Gasteiger partial charge in [-0.25, -0.2) is 8.51 Å². The van der Waals surface area contributed by atoms with E-state index in [9.17, 15) is 4.21 Å². The molecule has 3 nitrogen and oxygen atoms in total. The van der Waals surface area contributed by atoms with E-state index in [4.69, 9.17) is 0 Å². The molecule has 1 aromatic rings. The van der Waals surface area contributed by atoms with Crippen LogP contribution in [0.15, 0.2) is 35.2 Å². The molecule has 1 N–H and O–H groups in total. The molecule has 1 aliphatic heterocycles. The van der Waals surface area contributed by atoms with Crippen molar-refractivity contribution in [1.29, 1.82) is 0 Å². The monoisotopic (exact) mass is 224 g/mol. The fourth-order valence-corrected chi connectivity index (χ4v) is 3.37. The van der Waals surface area contributed by atoms with Crippen molar-refractivity contribution in [3.05, 3.63) is 30.3 Å². The number of benzene rings is 1. The molecule has 2 rings (SSSR count). The van der Waals surface area contributed by atoms with E-state index in [0.29, 0.717) is 0 Å². The van der Waals surface area contributed by atoms with Crippen LogP contribution in [0.4, 0.5) is 0 Å². The lowest BCUT2D eigenvalue weighted by molar-refractivity contribution is 0.379. The molecular weight excluding hydrogens is 208 g/mol. The average molecular weight is 224 g/mol. The summed E-state index contributed by atoms with van der Waals surface area (Å²) in [5.74, 6) is 3.89. The minimum absolute atomic E-state index is 0.803. The summed E-state index contributed by atoms with van der Waals surface area (Å²) in [7, 11) is -2.27. The zero-order chi connectivity index (χ0) is 10.7. The minimum Gasteiger partial charge on any atom is -0.314 e. The molecule has 1 atom stereocenters. The number of piperazine rings is 1. The van der Waals surface area contributed by atoms with Gasteiger partial charge in [-0.2, -0.15) is 0 Å². The highest BCUT2D eigenvalue weighted by Crippen LogP contribution is 2.15. The van der Waals surface area contributed by atoms with Crippen molar-refractivity contribution in [3.63, 3.8) is 0 Å². The van der Waals surface area contributed by atoms with Gasteiger partial charge < -0.3 is 5.32 Å². The number of rotatable bonds is 2. The van der Waals surface area contributed by atoms with Crippen LogP contribution >= 0.6 is 0 Å². The van der Waals surface area contributed by atoms with Gasteiger partial charge in [0.15, 0.2) is 0 Å². The molecule has 0 bridgehead atoms. The lowest BCUT2D eigenvalue weighted by Crippen LogP contribution is -2.46. The summed E-state index contributed by atoms with van der Waals surface area (Å²) in [6.07, 6.45) is 0. The molecule has 0 aliphatic carbocycles. The zero-order valence-corrected chi connectivity index (χ0v) is 9.50. The van der Waals surface area contributed by atoms with Crippen molar-refractivity contribution >= 4 is 15.6 Å². The maximum Gasteiger partial charge on any atom is 0.0559 e. The van der Waals surface area contributed by atoms with Gasteiger partial charge in [-0.1, -0.05) is 18.2 Å². The molecular formula is C11H16N2OS. The molecule has 1 heterocycles. The molecule has 15 heavy (non-hydrogen) atoms. The van der Waals surface area contributed by atoms with E-state index in [1.54, 1.807) is 0 Å². The highest BCUT2D eigenvalue weighted by molar-refractivity contribution is 7.98. The second-order valence-corrected chi connectivity index (χ2v) is 5.90. The first-order chi connectivity index (χ1) is 7.21. The van der Waals surface area contributed by atoms with E-state index in [0.717, 1.165) is 31.1 Å². The summed E-state index contributed by atoms with van der Waals surface area (Å²) in [5, 5.41) is 3.24. The van der Waals surface area contributed by atoms with E-state index in [-0.39, 0.29) is 0 Å². The molecule has 82 valence electrons. The second kappa shape index (κ2) is 4.35. The fourth-order valence-electron chi connectivity index (χ4n) is 1.72. The Morgan fingerprint density at radius 2 is 1.80 bits per heavy atom. The molecule has 0 aromatic heterocycles. The second-order valence-electron chi connectivity index (χ2n) is 3.63. The minimum atomic E-state index is -2.27. The van der Waals surface area contributed by atoms with Crippen molar-refractivity contribution in [2.24, 2.45) is 0 Å². The van der Waals surface area contributed by atoms with E-state index in [1.807, 2.05) is 34.6 Å². The summed E-state index contributed by atoms with van der Waals surface area (Å²) >= 11 is 0. The molecule has 1 aliphatic rings. The third kappa shape index (κ3) is 2.22. The Morgan fingerprint density at radius 3 is 2.40 bits per heavy atom. The number of hydrogen-bond donors (Lipinski definition) is 1. The molecule has 0 radical (unpaired) electrons. The van der Waals surface area contributed by atoms with Gasteiger partial charge in [-0.05, 0) is 18.0 Å². The van der Waals surface area contributed by atoms with Crippen molar-refractivity contribution in [2.75, 3.05) is 26.2 Å². The van der Waals surface area contributed by atoms with E-state index in [1.165, 1.54) is 0 Å². The quantitative estimate of drug-likeness (QED) is 0.745. The number of nitrogens with zero attached hydrogens (tertiary/aromatic N) is 1. The highest BCUT2D eigenvalue weighted by Gasteiger charge is 2.19. The zero-order valence-electron chi connectivity index (χ0n) is 8.69. The van der Waals surface area contributed by atoms with Crippen LogP contribution in [0, 0.1) is 0 Å². The van der Waals surface area contributed by atoms with Crippen LogP contribution in [0.5, 0.6) is 0 Å². The molecule has 1 unspecified atom stereocenters. The van der Waals surface area contributed by atoms with Crippen molar-refractivity contribution in [1.82, 2.24) is 9.62 Å². The van der Waals surface area contributed by atoms with Gasteiger partial charge >= 0.3 is 0 Å². The van der Waals surface area contributed by atoms with Gasteiger partial charge in [0, 0.05) is 31.1 Å². The van der Waals surface area contributed by atoms with E-state index < -0.39 is 9.71 Å². The first kappa shape index (κ1) is 10.7. The van der Waals surface area contributed by atoms with Crippen LogP contribution in [-0.4, -0.2) is 40.6 Å². The molecule has 1 saturated heterocycles. The summed E-state index contributed by atoms with van der Waals surface area (Å²) in [6, 6.07) is 9.51. The van der Waals surface area contributed by atoms with Crippen LogP contribution < -0.4 is 5.32 Å². The predicted octanol–water partition coefficient (Wildman–Crippen LogP) is 0.582. The van der Waals surface area contributed by atoms with Crippen LogP contribution in [0.1, 0.15) is 0 Å². The number of hydrogen-bond acceptors (Lipinski definition) is 2. The van der Waals surface area contributed by atoms with Gasteiger partial charge in [0.1, 0.15) is 0 Å². The third-order valence-corrected chi connectivity index (χ3v) is 4.81. The van der Waals surface area contributed by atoms with Crippen LogP contribution in [0.3, 0.4) is 0 Å². The Hall–Kier alpha value is -0.840. The normalized spacial score (nSPS) is 22.1. The van der Waals surface area contributed by atoms with Crippen molar-refractivity contribution in [3.8, 4) is 0 Å². The lowest BCUT2D eigenvalue weighted by atomic mass is 10.4. The molecule has 0 spiro atoms. The third-order valence-electron chi connectivity index (χ3n) is 2.60. The Balaban J connectivity index is 2.26. The Kier molecular flexibility index (Phi) is 3.09. The summed E-state index contributed by atoms with van der Waals surface area (Å²) in [5.41, 5.74) is 0. The van der Waals surface area contributed by atoms with Gasteiger partial charge in [0.2, 0.25) is 0 Å². The van der Waals surface area contributed by atoms with Crippen LogP contribution in [0.2, 0.25) is 0 Å². The van der Waals surface area contributed by atoms with Crippen molar-refractivity contribution in [2.45, 2.75) is 4.90 Å². The average Bonchev–Trinajstić information content (AvgIpc) is 2.31. The maximum absolute atomic E-state index is 12.5. The Morgan fingerprint density at radius 1 is 1.20 bits per heavy atom. The first-order valence-electron chi connectivity index (χ1n) is 5.09. The summed E-state index contributed by atoms with van der Waals surface area (Å²) in [6.45, 7) is 3.38. The lowest BCUT2D eigenvalue weighted by Gasteiger charge is -2.30. The molecule has 1 fully saturated rings. The predicted molar refractivity (Wildman–Crippen MR) is 64.4 cm³/mol. The van der Waals surface area contributed by atoms with Gasteiger partial charge in [-0.3, -0.25) is 0 Å². The molecule has 4 heteroatoms. The maximum atomic E-state index is 12.5. The van der Waals surface area contributed by atoms with Gasteiger partial charge in [-0.15, -0.1) is 0 Å². The summed E-state index contributed by atoms with van der Waals surface area (Å²) in [4.78, 5) is 0.826. The number of nitrogens with one attached hydrogen (secondary N) is 1. The highest BCUT2D eigenvalue weighted by atomic mass is 32.2. The van der Waals surface area contributed by atoms with Crippen LogP contribution in [-0.2, 0) is 9.71 Å². The van der Waals surface area contributed by atoms with Crippen molar-refractivity contribution < 1.29 is 4.21 Å². The molecule has 0 amide bonds. The van der Waals surface area contributed by atoms with Gasteiger partial charge in [0.25, 0.3) is 0 Å². The smallest absolute Gasteiger partial charge is 0.0559 e. The van der Waals surface area contributed by atoms with E-state index >= 15 is 0 Å². The fraction of sp³-hybridized carbons (Fsp3) is 0.364. The summed E-state index contributed by atoms with van der Waals surface area (Å²) < 4.78 is 14.5. The Bertz CT molecular complexity index is 407. The topological polar surface area (TPSA) is 32.3 Å². The molecule has 1 aromatic carbocycles. The van der Waals surface area contributed by atoms with Gasteiger partial charge in [0.05, 0.1) is 9.71 Å². The molecule has 0 saturated carbocycles.